The van der Waals surface area contributed by atoms with Crippen LogP contribution in [-0.2, 0) is 4.74 Å². The van der Waals surface area contributed by atoms with E-state index in [1.54, 1.807) is 12.1 Å². The number of hydrogen-bond donors (Lipinski definition) is 2. The second-order valence-corrected chi connectivity index (χ2v) is 7.96. The number of nitrogens with zero attached hydrogens (tertiary/aromatic N) is 4. The second kappa shape index (κ2) is 7.90. The summed E-state index contributed by atoms with van der Waals surface area (Å²) in [6.45, 7) is 3.76. The van der Waals surface area contributed by atoms with Gasteiger partial charge in [-0.3, -0.25) is 4.90 Å². The first kappa shape index (κ1) is 18.8. The molecule has 7 nitrogen and oxygen atoms in total. The molecule has 30 heavy (non-hydrogen) atoms. The first-order valence-electron chi connectivity index (χ1n) is 10.3. The SMILES string of the molecule is N#Cc1ccc(-c2nnc(N[C@@H]3CCCN(C4COC4)C3)c3ccccc23)c(O)c1. The van der Waals surface area contributed by atoms with Crippen LogP contribution in [0.25, 0.3) is 22.0 Å². The van der Waals surface area contributed by atoms with E-state index < -0.39 is 0 Å². The number of benzene rings is 2. The zero-order valence-corrected chi connectivity index (χ0v) is 16.6. The van der Waals surface area contributed by atoms with Crippen LogP contribution in [0, 0.1) is 11.3 Å². The Morgan fingerprint density at radius 2 is 1.97 bits per heavy atom. The summed E-state index contributed by atoms with van der Waals surface area (Å²) in [5.41, 5.74) is 1.58. The zero-order valence-electron chi connectivity index (χ0n) is 16.6. The molecule has 2 aliphatic rings. The molecule has 2 aromatic carbocycles. The molecule has 0 spiro atoms. The van der Waals surface area contributed by atoms with E-state index in [1.807, 2.05) is 30.3 Å². The minimum atomic E-state index is 0.0276. The van der Waals surface area contributed by atoms with Crippen LogP contribution in [0.2, 0.25) is 0 Å². The molecule has 7 heteroatoms. The van der Waals surface area contributed by atoms with Crippen molar-refractivity contribution in [2.24, 2.45) is 0 Å². The van der Waals surface area contributed by atoms with Crippen molar-refractivity contribution < 1.29 is 9.84 Å². The lowest BCUT2D eigenvalue weighted by Crippen LogP contribution is -2.54. The molecule has 2 fully saturated rings. The first-order valence-corrected chi connectivity index (χ1v) is 10.3. The molecular formula is C23H23N5O2. The lowest BCUT2D eigenvalue weighted by molar-refractivity contribution is -0.0710. The van der Waals surface area contributed by atoms with Gasteiger partial charge in [-0.25, -0.2) is 0 Å². The van der Waals surface area contributed by atoms with Gasteiger partial charge in [-0.15, -0.1) is 10.2 Å². The fourth-order valence-corrected chi connectivity index (χ4v) is 4.29. The predicted octanol–water partition coefficient (Wildman–Crippen LogP) is 3.15. The Bertz CT molecular complexity index is 1120. The van der Waals surface area contributed by atoms with Crippen molar-refractivity contribution >= 4 is 16.6 Å². The minimum absolute atomic E-state index is 0.0276. The number of piperidine rings is 1. The molecule has 0 amide bonds. The van der Waals surface area contributed by atoms with Crippen molar-refractivity contribution in [2.45, 2.75) is 24.9 Å². The number of likely N-dealkylation sites (tertiary alicyclic amines) is 1. The van der Waals surface area contributed by atoms with Gasteiger partial charge in [-0.05, 0) is 37.6 Å². The molecule has 5 rings (SSSR count). The maximum Gasteiger partial charge on any atom is 0.156 e. The quantitative estimate of drug-likeness (QED) is 0.693. The van der Waals surface area contributed by atoms with Gasteiger partial charge in [0.15, 0.2) is 5.82 Å². The first-order chi connectivity index (χ1) is 14.7. The van der Waals surface area contributed by atoms with Gasteiger partial charge in [0, 0.05) is 28.9 Å². The average Bonchev–Trinajstić information content (AvgIpc) is 2.73. The highest BCUT2D eigenvalue weighted by Crippen LogP contribution is 2.35. The number of rotatable bonds is 4. The number of nitriles is 1. The second-order valence-electron chi connectivity index (χ2n) is 7.96. The highest BCUT2D eigenvalue weighted by atomic mass is 16.5. The van der Waals surface area contributed by atoms with E-state index in [4.69, 9.17) is 10.00 Å². The number of aromatic hydroxyl groups is 1. The van der Waals surface area contributed by atoms with Crippen LogP contribution in [0.15, 0.2) is 42.5 Å². The lowest BCUT2D eigenvalue weighted by atomic mass is 10.0. The van der Waals surface area contributed by atoms with Crippen molar-refractivity contribution in [1.29, 1.82) is 5.26 Å². The highest BCUT2D eigenvalue weighted by Gasteiger charge is 2.30. The third-order valence-electron chi connectivity index (χ3n) is 6.00. The number of phenolic OH excluding ortho intramolecular Hbond substituents is 1. The fourth-order valence-electron chi connectivity index (χ4n) is 4.29. The molecule has 0 unspecified atom stereocenters. The maximum absolute atomic E-state index is 10.4. The van der Waals surface area contributed by atoms with Gasteiger partial charge in [0.2, 0.25) is 0 Å². The zero-order chi connectivity index (χ0) is 20.5. The maximum atomic E-state index is 10.4. The average molecular weight is 401 g/mol. The Kier molecular flexibility index (Phi) is 4.95. The van der Waals surface area contributed by atoms with Crippen molar-refractivity contribution in [2.75, 3.05) is 31.6 Å². The van der Waals surface area contributed by atoms with Crippen LogP contribution < -0.4 is 5.32 Å². The van der Waals surface area contributed by atoms with Gasteiger partial charge >= 0.3 is 0 Å². The number of aromatic nitrogens is 2. The van der Waals surface area contributed by atoms with Crippen molar-refractivity contribution in [1.82, 2.24) is 15.1 Å². The molecule has 1 aromatic heterocycles. The van der Waals surface area contributed by atoms with Gasteiger partial charge in [-0.2, -0.15) is 5.26 Å². The molecule has 152 valence electrons. The fraction of sp³-hybridized carbons (Fsp3) is 0.348. The monoisotopic (exact) mass is 401 g/mol. The molecule has 1 atom stereocenters. The Labute approximate surface area is 174 Å². The van der Waals surface area contributed by atoms with Crippen LogP contribution >= 0.6 is 0 Å². The van der Waals surface area contributed by atoms with Crippen LogP contribution in [0.5, 0.6) is 5.75 Å². The standard InChI is InChI=1S/C23H23N5O2/c24-11-15-7-8-20(21(29)10-15)22-18-5-1-2-6-19(18)23(27-26-22)25-16-4-3-9-28(12-16)17-13-30-14-17/h1-2,5-8,10,16-17,29H,3-4,9,12-14H2,(H,25,27)/t16-/m1/s1. The number of fused-ring (bicyclic) bond motifs is 1. The minimum Gasteiger partial charge on any atom is -0.507 e. The van der Waals surface area contributed by atoms with E-state index in [0.717, 1.165) is 55.7 Å². The summed E-state index contributed by atoms with van der Waals surface area (Å²) in [5.74, 6) is 0.791. The Morgan fingerprint density at radius 3 is 2.70 bits per heavy atom. The molecule has 2 aliphatic heterocycles. The topological polar surface area (TPSA) is 94.3 Å². The van der Waals surface area contributed by atoms with E-state index in [2.05, 4.69) is 20.4 Å². The third-order valence-corrected chi connectivity index (χ3v) is 6.00. The van der Waals surface area contributed by atoms with E-state index >= 15 is 0 Å². The van der Waals surface area contributed by atoms with E-state index in [9.17, 15) is 5.11 Å². The van der Waals surface area contributed by atoms with Gasteiger partial charge in [0.1, 0.15) is 11.4 Å². The molecule has 0 bridgehead atoms. The smallest absolute Gasteiger partial charge is 0.156 e. The van der Waals surface area contributed by atoms with Gasteiger partial charge in [0.05, 0.1) is 30.9 Å². The van der Waals surface area contributed by atoms with Crippen LogP contribution in [0.3, 0.4) is 0 Å². The molecule has 0 radical (unpaired) electrons. The third kappa shape index (κ3) is 3.45. The number of hydrogen-bond acceptors (Lipinski definition) is 7. The molecule has 3 heterocycles. The summed E-state index contributed by atoms with van der Waals surface area (Å²) in [6, 6.07) is 15.7. The number of anilines is 1. The van der Waals surface area contributed by atoms with Crippen molar-refractivity contribution in [3.05, 3.63) is 48.0 Å². The summed E-state index contributed by atoms with van der Waals surface area (Å²) >= 11 is 0. The lowest BCUT2D eigenvalue weighted by Gasteiger charge is -2.42. The number of ether oxygens (including phenoxy) is 1. The summed E-state index contributed by atoms with van der Waals surface area (Å²) in [7, 11) is 0. The van der Waals surface area contributed by atoms with Crippen LogP contribution in [0.1, 0.15) is 18.4 Å². The normalized spacial score (nSPS) is 19.9. The Morgan fingerprint density at radius 1 is 1.13 bits per heavy atom. The molecule has 2 saturated heterocycles. The summed E-state index contributed by atoms with van der Waals surface area (Å²) in [5, 5.41) is 33.9. The van der Waals surface area contributed by atoms with Crippen LogP contribution in [0.4, 0.5) is 5.82 Å². The van der Waals surface area contributed by atoms with Gasteiger partial charge in [-0.1, -0.05) is 24.3 Å². The van der Waals surface area contributed by atoms with E-state index in [1.165, 1.54) is 6.07 Å². The van der Waals surface area contributed by atoms with E-state index in [-0.39, 0.29) is 5.75 Å². The highest BCUT2D eigenvalue weighted by molar-refractivity contribution is 6.00. The van der Waals surface area contributed by atoms with Gasteiger partial charge in [0.25, 0.3) is 0 Å². The molecule has 3 aromatic rings. The van der Waals surface area contributed by atoms with Crippen LogP contribution in [-0.4, -0.2) is 58.6 Å². The molecule has 0 aliphatic carbocycles. The largest absolute Gasteiger partial charge is 0.507 e. The summed E-state index contributed by atoms with van der Waals surface area (Å²) < 4.78 is 5.36. The number of nitrogens with one attached hydrogen (secondary N) is 1. The Balaban J connectivity index is 1.46. The Hall–Kier alpha value is -3.21. The molecular weight excluding hydrogens is 378 g/mol. The summed E-state index contributed by atoms with van der Waals surface area (Å²) in [4.78, 5) is 2.50. The van der Waals surface area contributed by atoms with Crippen molar-refractivity contribution in [3.63, 3.8) is 0 Å². The predicted molar refractivity (Wildman–Crippen MR) is 114 cm³/mol. The number of phenols is 1. The van der Waals surface area contributed by atoms with E-state index in [0.29, 0.717) is 28.9 Å². The summed E-state index contributed by atoms with van der Waals surface area (Å²) in [6.07, 6.45) is 2.25. The van der Waals surface area contributed by atoms with Crippen molar-refractivity contribution in [3.8, 4) is 23.1 Å². The van der Waals surface area contributed by atoms with Gasteiger partial charge < -0.3 is 15.2 Å². The molecule has 2 N–H and O–H groups in total. The molecule has 0 saturated carbocycles.